The van der Waals surface area contributed by atoms with Crippen molar-refractivity contribution in [3.8, 4) is 0 Å². The lowest BCUT2D eigenvalue weighted by Gasteiger charge is -2.35. The summed E-state index contributed by atoms with van der Waals surface area (Å²) in [5.74, 6) is 0.572. The minimum absolute atomic E-state index is 0.169. The number of hydrogen-bond donors (Lipinski definition) is 2. The van der Waals surface area contributed by atoms with E-state index in [0.29, 0.717) is 17.2 Å². The van der Waals surface area contributed by atoms with E-state index in [1.807, 2.05) is 13.8 Å². The average Bonchev–Trinajstić information content (AvgIpc) is 2.85. The van der Waals surface area contributed by atoms with Crippen LogP contribution in [0.5, 0.6) is 0 Å². The van der Waals surface area contributed by atoms with Crippen molar-refractivity contribution in [2.75, 3.05) is 44.2 Å². The summed E-state index contributed by atoms with van der Waals surface area (Å²) in [6.07, 6.45) is 0. The number of carboxylic acid groups (broad SMARTS) is 1. The molecule has 1 fully saturated rings. The van der Waals surface area contributed by atoms with Gasteiger partial charge in [0.2, 0.25) is 0 Å². The molecule has 2 aromatic rings. The summed E-state index contributed by atoms with van der Waals surface area (Å²) in [5, 5.41) is 19.2. The molecule has 7 nitrogen and oxygen atoms in total. The summed E-state index contributed by atoms with van der Waals surface area (Å²) in [5.41, 5.74) is 0.741. The Morgan fingerprint density at radius 2 is 1.91 bits per heavy atom. The Hall–Kier alpha value is -1.77. The zero-order valence-electron chi connectivity index (χ0n) is 13.2. The van der Waals surface area contributed by atoms with Gasteiger partial charge in [0.05, 0.1) is 12.0 Å². The van der Waals surface area contributed by atoms with E-state index in [2.05, 4.69) is 19.8 Å². The Balaban J connectivity index is 1.99. The van der Waals surface area contributed by atoms with Crippen molar-refractivity contribution in [1.29, 1.82) is 0 Å². The van der Waals surface area contributed by atoms with Crippen molar-refractivity contribution in [2.45, 2.75) is 13.8 Å². The lowest BCUT2D eigenvalue weighted by atomic mass is 10.2. The number of aromatic carboxylic acids is 1. The Bertz CT molecular complexity index is 738. The number of thiophene rings is 1. The van der Waals surface area contributed by atoms with E-state index < -0.39 is 5.97 Å². The Morgan fingerprint density at radius 1 is 1.22 bits per heavy atom. The first-order valence-electron chi connectivity index (χ1n) is 7.60. The molecule has 0 spiro atoms. The van der Waals surface area contributed by atoms with Gasteiger partial charge in [-0.05, 0) is 19.4 Å². The molecule has 0 saturated carbocycles. The van der Waals surface area contributed by atoms with Gasteiger partial charge in [-0.1, -0.05) is 0 Å². The van der Waals surface area contributed by atoms with Crippen molar-refractivity contribution in [3.05, 3.63) is 16.3 Å². The maximum Gasteiger partial charge on any atom is 0.346 e. The van der Waals surface area contributed by atoms with E-state index in [1.165, 1.54) is 11.3 Å². The highest BCUT2D eigenvalue weighted by Gasteiger charge is 2.24. The number of nitrogens with zero attached hydrogens (tertiary/aromatic N) is 4. The summed E-state index contributed by atoms with van der Waals surface area (Å²) in [6, 6.07) is 0. The molecule has 3 heterocycles. The SMILES string of the molecule is Cc1nc(N2CCN(CCO)CC2)c2c(C)c(C(=O)O)sc2n1. The van der Waals surface area contributed by atoms with Crippen molar-refractivity contribution < 1.29 is 15.0 Å². The van der Waals surface area contributed by atoms with Crippen LogP contribution in [0, 0.1) is 13.8 Å². The van der Waals surface area contributed by atoms with Gasteiger partial charge in [0, 0.05) is 32.7 Å². The van der Waals surface area contributed by atoms with Gasteiger partial charge in [-0.15, -0.1) is 11.3 Å². The first-order valence-corrected chi connectivity index (χ1v) is 8.42. The monoisotopic (exact) mass is 336 g/mol. The van der Waals surface area contributed by atoms with Gasteiger partial charge in [0.25, 0.3) is 0 Å². The smallest absolute Gasteiger partial charge is 0.346 e. The van der Waals surface area contributed by atoms with E-state index in [0.717, 1.165) is 47.8 Å². The molecular weight excluding hydrogens is 316 g/mol. The predicted molar refractivity (Wildman–Crippen MR) is 89.6 cm³/mol. The van der Waals surface area contributed by atoms with Crippen LogP contribution in [0.1, 0.15) is 21.1 Å². The van der Waals surface area contributed by atoms with E-state index in [9.17, 15) is 9.90 Å². The van der Waals surface area contributed by atoms with Crippen molar-refractivity contribution in [2.24, 2.45) is 0 Å². The van der Waals surface area contributed by atoms with Gasteiger partial charge in [-0.3, -0.25) is 4.90 Å². The highest BCUT2D eigenvalue weighted by atomic mass is 32.1. The van der Waals surface area contributed by atoms with Gasteiger partial charge < -0.3 is 15.1 Å². The number of β-amino-alcohol motifs (C(OH)–C–C–N with tert-alkyl or cyclic N) is 1. The van der Waals surface area contributed by atoms with Crippen LogP contribution in [-0.4, -0.2) is 70.4 Å². The summed E-state index contributed by atoms with van der Waals surface area (Å²) in [6.45, 7) is 7.86. The fourth-order valence-electron chi connectivity index (χ4n) is 2.98. The number of aromatic nitrogens is 2. The van der Waals surface area contributed by atoms with Gasteiger partial charge in [-0.2, -0.15) is 0 Å². The lowest BCUT2D eigenvalue weighted by Crippen LogP contribution is -2.47. The molecule has 8 heteroatoms. The van der Waals surface area contributed by atoms with Gasteiger partial charge in [-0.25, -0.2) is 14.8 Å². The number of aryl methyl sites for hydroxylation is 2. The molecule has 0 radical (unpaired) electrons. The fraction of sp³-hybridized carbons (Fsp3) is 0.533. The zero-order valence-corrected chi connectivity index (χ0v) is 14.1. The average molecular weight is 336 g/mol. The molecule has 2 N–H and O–H groups in total. The maximum absolute atomic E-state index is 11.4. The van der Waals surface area contributed by atoms with Crippen LogP contribution in [0.25, 0.3) is 10.2 Å². The van der Waals surface area contributed by atoms with E-state index in [-0.39, 0.29) is 6.61 Å². The summed E-state index contributed by atoms with van der Waals surface area (Å²) >= 11 is 1.21. The quantitative estimate of drug-likeness (QED) is 0.865. The Labute approximate surface area is 138 Å². The highest BCUT2D eigenvalue weighted by molar-refractivity contribution is 7.20. The van der Waals surface area contributed by atoms with E-state index in [1.54, 1.807) is 0 Å². The second-order valence-corrected chi connectivity index (χ2v) is 6.69. The molecule has 3 rings (SSSR count). The Kier molecular flexibility index (Phi) is 4.47. The summed E-state index contributed by atoms with van der Waals surface area (Å²) < 4.78 is 0. The largest absolute Gasteiger partial charge is 0.477 e. The van der Waals surface area contributed by atoms with Gasteiger partial charge in [0.1, 0.15) is 21.3 Å². The molecule has 1 aliphatic heterocycles. The molecule has 0 aliphatic carbocycles. The number of aliphatic hydroxyl groups is 1. The third-order valence-corrected chi connectivity index (χ3v) is 5.34. The van der Waals surface area contributed by atoms with Crippen LogP contribution in [-0.2, 0) is 0 Å². The zero-order chi connectivity index (χ0) is 16.6. The van der Waals surface area contributed by atoms with Crippen LogP contribution >= 0.6 is 11.3 Å². The number of anilines is 1. The molecular formula is C15H20N4O3S. The standard InChI is InChI=1S/C15H20N4O3S/c1-9-11-13(19-5-3-18(4-6-19)7-8-20)16-10(2)17-14(11)23-12(9)15(21)22/h20H,3-8H2,1-2H3,(H,21,22). The van der Waals surface area contributed by atoms with E-state index in [4.69, 9.17) is 5.11 Å². The molecule has 2 aromatic heterocycles. The molecule has 1 saturated heterocycles. The first kappa shape index (κ1) is 16.1. The minimum atomic E-state index is -0.915. The van der Waals surface area contributed by atoms with Crippen LogP contribution in [0.2, 0.25) is 0 Å². The van der Waals surface area contributed by atoms with Crippen LogP contribution < -0.4 is 4.90 Å². The van der Waals surface area contributed by atoms with Crippen LogP contribution in [0.3, 0.4) is 0 Å². The van der Waals surface area contributed by atoms with Crippen molar-refractivity contribution in [1.82, 2.24) is 14.9 Å². The lowest BCUT2D eigenvalue weighted by molar-refractivity contribution is 0.0701. The molecule has 1 aliphatic rings. The fourth-order valence-corrected chi connectivity index (χ4v) is 4.04. The van der Waals surface area contributed by atoms with Gasteiger partial charge >= 0.3 is 5.97 Å². The molecule has 0 unspecified atom stereocenters. The number of piperazine rings is 1. The van der Waals surface area contributed by atoms with Crippen LogP contribution in [0.15, 0.2) is 0 Å². The third-order valence-electron chi connectivity index (χ3n) is 4.17. The molecule has 0 bridgehead atoms. The molecule has 124 valence electrons. The summed E-state index contributed by atoms with van der Waals surface area (Å²) in [4.78, 5) is 25.9. The number of rotatable bonds is 4. The second kappa shape index (κ2) is 6.38. The number of aliphatic hydroxyl groups excluding tert-OH is 1. The number of carboxylic acids is 1. The number of fused-ring (bicyclic) bond motifs is 1. The molecule has 0 aromatic carbocycles. The Morgan fingerprint density at radius 3 is 2.52 bits per heavy atom. The van der Waals surface area contributed by atoms with Crippen LogP contribution in [0.4, 0.5) is 5.82 Å². The number of carbonyl (C=O) groups is 1. The maximum atomic E-state index is 11.4. The molecule has 0 amide bonds. The number of hydrogen-bond acceptors (Lipinski definition) is 7. The second-order valence-electron chi connectivity index (χ2n) is 5.69. The first-order chi connectivity index (χ1) is 11.0. The molecule has 23 heavy (non-hydrogen) atoms. The molecule has 0 atom stereocenters. The van der Waals surface area contributed by atoms with Gasteiger partial charge in [0.15, 0.2) is 0 Å². The minimum Gasteiger partial charge on any atom is -0.477 e. The summed E-state index contributed by atoms with van der Waals surface area (Å²) in [7, 11) is 0. The topological polar surface area (TPSA) is 89.8 Å². The predicted octanol–water partition coefficient (Wildman–Crippen LogP) is 1.12. The highest BCUT2D eigenvalue weighted by Crippen LogP contribution is 2.35. The third kappa shape index (κ3) is 3.01. The van der Waals surface area contributed by atoms with Crippen molar-refractivity contribution in [3.63, 3.8) is 0 Å². The van der Waals surface area contributed by atoms with Crippen molar-refractivity contribution >= 4 is 33.3 Å². The normalized spacial score (nSPS) is 16.2. The van der Waals surface area contributed by atoms with E-state index >= 15 is 0 Å².